The van der Waals surface area contributed by atoms with E-state index in [0.717, 1.165) is 42.3 Å². The molecule has 1 aromatic heterocycles. The number of benzene rings is 1. The number of rotatable bonds is 4. The molecule has 19 heavy (non-hydrogen) atoms. The van der Waals surface area contributed by atoms with Gasteiger partial charge in [0.1, 0.15) is 0 Å². The molecule has 1 fully saturated rings. The number of ether oxygens (including phenoxy) is 1. The second-order valence-corrected chi connectivity index (χ2v) is 5.05. The van der Waals surface area contributed by atoms with E-state index in [1.54, 1.807) is 0 Å². The molecule has 0 aliphatic carbocycles. The molecular weight excluding hydrogens is 238 g/mol. The van der Waals surface area contributed by atoms with Crippen LogP contribution in [0.15, 0.2) is 36.5 Å². The summed E-state index contributed by atoms with van der Waals surface area (Å²) >= 11 is 0. The van der Waals surface area contributed by atoms with Crippen LogP contribution in [0.2, 0.25) is 0 Å². The smallest absolute Gasteiger partial charge is 0.0702 e. The molecule has 0 radical (unpaired) electrons. The van der Waals surface area contributed by atoms with Crippen LogP contribution in [0, 0.1) is 0 Å². The minimum Gasteiger partial charge on any atom is -0.378 e. The number of nitrogens with one attached hydrogen (secondary N) is 1. The number of hydrazine groups is 1. The van der Waals surface area contributed by atoms with Crippen LogP contribution in [0.25, 0.3) is 10.9 Å². The minimum atomic E-state index is 0.0974. The fraction of sp³-hybridized carbons (Fsp3) is 0.400. The first-order valence-corrected chi connectivity index (χ1v) is 6.79. The fourth-order valence-corrected chi connectivity index (χ4v) is 2.67. The van der Waals surface area contributed by atoms with Gasteiger partial charge in [-0.15, -0.1) is 0 Å². The van der Waals surface area contributed by atoms with E-state index in [1.165, 1.54) is 0 Å². The molecule has 2 aromatic rings. The summed E-state index contributed by atoms with van der Waals surface area (Å²) in [5.74, 6) is 5.69. The number of nitrogens with two attached hydrogens (primary N) is 1. The van der Waals surface area contributed by atoms with Gasteiger partial charge in [0.2, 0.25) is 0 Å². The van der Waals surface area contributed by atoms with Crippen molar-refractivity contribution in [2.24, 2.45) is 5.84 Å². The minimum absolute atomic E-state index is 0.0974. The summed E-state index contributed by atoms with van der Waals surface area (Å²) in [7, 11) is 0. The first kappa shape index (κ1) is 12.5. The molecular formula is C15H19N3O. The lowest BCUT2D eigenvalue weighted by Crippen LogP contribution is -2.31. The van der Waals surface area contributed by atoms with Crippen molar-refractivity contribution in [3.63, 3.8) is 0 Å². The fourth-order valence-electron chi connectivity index (χ4n) is 2.67. The van der Waals surface area contributed by atoms with E-state index < -0.39 is 0 Å². The zero-order chi connectivity index (χ0) is 13.1. The average Bonchev–Trinajstić information content (AvgIpc) is 2.97. The Kier molecular flexibility index (Phi) is 3.73. The maximum atomic E-state index is 5.69. The molecule has 100 valence electrons. The summed E-state index contributed by atoms with van der Waals surface area (Å²) in [5, 5.41) is 1.15. The predicted molar refractivity (Wildman–Crippen MR) is 75.4 cm³/mol. The molecule has 2 atom stereocenters. The van der Waals surface area contributed by atoms with E-state index in [2.05, 4.69) is 22.5 Å². The van der Waals surface area contributed by atoms with Crippen LogP contribution in [-0.2, 0) is 4.74 Å². The second kappa shape index (κ2) is 5.65. The first-order chi connectivity index (χ1) is 9.36. The number of pyridine rings is 1. The monoisotopic (exact) mass is 257 g/mol. The van der Waals surface area contributed by atoms with Gasteiger partial charge in [0, 0.05) is 24.2 Å². The van der Waals surface area contributed by atoms with Crippen LogP contribution in [0.4, 0.5) is 0 Å². The summed E-state index contributed by atoms with van der Waals surface area (Å²) < 4.78 is 5.68. The van der Waals surface area contributed by atoms with Crippen molar-refractivity contribution in [1.82, 2.24) is 10.4 Å². The van der Waals surface area contributed by atoms with Gasteiger partial charge in [-0.1, -0.05) is 18.2 Å². The summed E-state index contributed by atoms with van der Waals surface area (Å²) in [6.07, 6.45) is 5.39. The molecule has 1 aliphatic heterocycles. The number of fused-ring (bicyclic) bond motifs is 1. The third-order valence-electron chi connectivity index (χ3n) is 3.74. The highest BCUT2D eigenvalue weighted by Crippen LogP contribution is 2.25. The molecule has 2 unspecified atom stereocenters. The summed E-state index contributed by atoms with van der Waals surface area (Å²) in [6.45, 7) is 0.873. The van der Waals surface area contributed by atoms with Crippen LogP contribution in [0.1, 0.15) is 30.9 Å². The maximum Gasteiger partial charge on any atom is 0.0702 e. The van der Waals surface area contributed by atoms with Gasteiger partial charge in [-0.25, -0.2) is 0 Å². The van der Waals surface area contributed by atoms with Gasteiger partial charge in [-0.3, -0.25) is 16.3 Å². The van der Waals surface area contributed by atoms with Gasteiger partial charge in [-0.2, -0.15) is 0 Å². The second-order valence-electron chi connectivity index (χ2n) is 5.05. The van der Waals surface area contributed by atoms with E-state index in [-0.39, 0.29) is 6.04 Å². The maximum absolute atomic E-state index is 5.69. The normalized spacial score (nSPS) is 20.8. The van der Waals surface area contributed by atoms with Crippen molar-refractivity contribution in [3.05, 3.63) is 42.1 Å². The quantitative estimate of drug-likeness (QED) is 0.652. The van der Waals surface area contributed by atoms with Crippen molar-refractivity contribution in [1.29, 1.82) is 0 Å². The van der Waals surface area contributed by atoms with Gasteiger partial charge in [-0.05, 0) is 37.0 Å². The van der Waals surface area contributed by atoms with E-state index in [0.29, 0.717) is 6.10 Å². The Hall–Kier alpha value is -1.49. The standard InChI is InChI=1S/C15H19N3O/c16-18-15(9-13-5-3-7-19-13)12-8-11-4-1-2-6-14(11)17-10-12/h1-2,4,6,8,10,13,15,18H,3,5,7,9,16H2. The average molecular weight is 257 g/mol. The largest absolute Gasteiger partial charge is 0.378 e. The lowest BCUT2D eigenvalue weighted by Gasteiger charge is -2.20. The lowest BCUT2D eigenvalue weighted by molar-refractivity contribution is 0.0945. The Labute approximate surface area is 112 Å². The highest BCUT2D eigenvalue weighted by Gasteiger charge is 2.21. The molecule has 0 spiro atoms. The molecule has 4 nitrogen and oxygen atoms in total. The molecule has 0 amide bonds. The van der Waals surface area contributed by atoms with Crippen molar-refractivity contribution in [3.8, 4) is 0 Å². The summed E-state index contributed by atoms with van der Waals surface area (Å²) in [4.78, 5) is 4.49. The van der Waals surface area contributed by atoms with E-state index >= 15 is 0 Å². The molecule has 3 rings (SSSR count). The lowest BCUT2D eigenvalue weighted by atomic mass is 10.00. The Morgan fingerprint density at radius 2 is 2.32 bits per heavy atom. The zero-order valence-electron chi connectivity index (χ0n) is 10.9. The highest BCUT2D eigenvalue weighted by molar-refractivity contribution is 5.78. The Morgan fingerprint density at radius 3 is 3.11 bits per heavy atom. The summed E-state index contributed by atoms with van der Waals surface area (Å²) in [5.41, 5.74) is 5.02. The molecule has 0 bridgehead atoms. The SMILES string of the molecule is NNC(CC1CCCO1)c1cnc2ccccc2c1. The van der Waals surface area contributed by atoms with Gasteiger partial charge < -0.3 is 4.74 Å². The van der Waals surface area contributed by atoms with Crippen molar-refractivity contribution < 1.29 is 4.74 Å². The van der Waals surface area contributed by atoms with E-state index in [4.69, 9.17) is 10.6 Å². The molecule has 4 heteroatoms. The molecule has 1 aliphatic rings. The molecule has 2 heterocycles. The number of nitrogens with zero attached hydrogens (tertiary/aromatic N) is 1. The number of hydrogen-bond acceptors (Lipinski definition) is 4. The zero-order valence-corrected chi connectivity index (χ0v) is 10.9. The van der Waals surface area contributed by atoms with Crippen LogP contribution in [-0.4, -0.2) is 17.7 Å². The van der Waals surface area contributed by atoms with E-state index in [1.807, 2.05) is 24.4 Å². The number of para-hydroxylation sites is 1. The van der Waals surface area contributed by atoms with Gasteiger partial charge in [0.05, 0.1) is 11.6 Å². The number of hydrogen-bond donors (Lipinski definition) is 2. The van der Waals surface area contributed by atoms with Crippen molar-refractivity contribution >= 4 is 10.9 Å². The summed E-state index contributed by atoms with van der Waals surface area (Å²) in [6, 6.07) is 10.4. The number of aromatic nitrogens is 1. The van der Waals surface area contributed by atoms with Crippen LogP contribution in [0.3, 0.4) is 0 Å². The highest BCUT2D eigenvalue weighted by atomic mass is 16.5. The van der Waals surface area contributed by atoms with Gasteiger partial charge >= 0.3 is 0 Å². The Balaban J connectivity index is 1.83. The van der Waals surface area contributed by atoms with Crippen LogP contribution in [0.5, 0.6) is 0 Å². The van der Waals surface area contributed by atoms with Gasteiger partial charge in [0.25, 0.3) is 0 Å². The van der Waals surface area contributed by atoms with Crippen molar-refractivity contribution in [2.75, 3.05) is 6.61 Å². The molecule has 0 saturated carbocycles. The first-order valence-electron chi connectivity index (χ1n) is 6.79. The molecule has 1 saturated heterocycles. The molecule has 1 aromatic carbocycles. The predicted octanol–water partition coefficient (Wildman–Crippen LogP) is 2.31. The third kappa shape index (κ3) is 2.76. The molecule has 3 N–H and O–H groups in total. The Morgan fingerprint density at radius 1 is 1.42 bits per heavy atom. The third-order valence-corrected chi connectivity index (χ3v) is 3.74. The van der Waals surface area contributed by atoms with Crippen LogP contribution >= 0.6 is 0 Å². The van der Waals surface area contributed by atoms with Gasteiger partial charge in [0.15, 0.2) is 0 Å². The van der Waals surface area contributed by atoms with E-state index in [9.17, 15) is 0 Å². The van der Waals surface area contributed by atoms with Crippen molar-refractivity contribution in [2.45, 2.75) is 31.4 Å². The van der Waals surface area contributed by atoms with Crippen LogP contribution < -0.4 is 11.3 Å². The Bertz CT molecular complexity index is 552. The topological polar surface area (TPSA) is 60.2 Å².